The first-order valence-corrected chi connectivity index (χ1v) is 11.8. The first kappa shape index (κ1) is 22.6. The zero-order chi connectivity index (χ0) is 21.7. The van der Waals surface area contributed by atoms with Gasteiger partial charge < -0.3 is 9.64 Å². The van der Waals surface area contributed by atoms with E-state index in [1.165, 1.54) is 10.5 Å². The minimum Gasteiger partial charge on any atom is -0.496 e. The first-order chi connectivity index (χ1) is 14.3. The van der Waals surface area contributed by atoms with E-state index in [9.17, 15) is 13.2 Å². The molecule has 0 heterocycles. The Morgan fingerprint density at radius 3 is 2.60 bits per heavy atom. The van der Waals surface area contributed by atoms with E-state index < -0.39 is 10.0 Å². The molecule has 0 radical (unpaired) electrons. The molecule has 2 aromatic rings. The van der Waals surface area contributed by atoms with Crippen LogP contribution < -0.4 is 9.46 Å². The molecule has 0 aliphatic heterocycles. The summed E-state index contributed by atoms with van der Waals surface area (Å²) in [7, 11) is -0.422. The standard InChI is InChI=1S/C22H27ClN2O4S/c1-25(15-18-13-19(23)8-10-21(18)29-2)22(26)11-12-24-30(27,28)20-9-7-16-5-3-4-6-17(16)14-20/h7-10,13-14,24H,3-6,11-12,15H2,1-2H3. The highest BCUT2D eigenvalue weighted by Crippen LogP contribution is 2.25. The van der Waals surface area contributed by atoms with E-state index in [1.54, 1.807) is 44.5 Å². The molecule has 6 nitrogen and oxygen atoms in total. The van der Waals surface area contributed by atoms with Crippen molar-refractivity contribution in [3.05, 3.63) is 58.1 Å². The highest BCUT2D eigenvalue weighted by Gasteiger charge is 2.19. The zero-order valence-corrected chi connectivity index (χ0v) is 18.9. The monoisotopic (exact) mass is 450 g/mol. The molecule has 8 heteroatoms. The van der Waals surface area contributed by atoms with E-state index in [1.807, 2.05) is 6.07 Å². The van der Waals surface area contributed by atoms with Crippen LogP contribution in [0.25, 0.3) is 0 Å². The van der Waals surface area contributed by atoms with Crippen molar-refractivity contribution in [2.75, 3.05) is 20.7 Å². The molecule has 0 spiro atoms. The van der Waals surface area contributed by atoms with Crippen LogP contribution in [-0.2, 0) is 34.2 Å². The van der Waals surface area contributed by atoms with Crippen LogP contribution in [0.15, 0.2) is 41.3 Å². The Balaban J connectivity index is 1.56. The van der Waals surface area contributed by atoms with Gasteiger partial charge in [-0.3, -0.25) is 4.79 Å². The van der Waals surface area contributed by atoms with Gasteiger partial charge in [0.25, 0.3) is 0 Å². The van der Waals surface area contributed by atoms with Gasteiger partial charge in [-0.15, -0.1) is 0 Å². The molecule has 0 saturated carbocycles. The van der Waals surface area contributed by atoms with Gasteiger partial charge in [-0.05, 0) is 67.1 Å². The fourth-order valence-corrected chi connectivity index (χ4v) is 4.93. The van der Waals surface area contributed by atoms with Crippen molar-refractivity contribution in [2.45, 2.75) is 43.5 Å². The maximum absolute atomic E-state index is 12.6. The SMILES string of the molecule is COc1ccc(Cl)cc1CN(C)C(=O)CCNS(=O)(=O)c1ccc2c(c1)CCCC2. The van der Waals surface area contributed by atoms with E-state index in [0.717, 1.165) is 36.8 Å². The number of nitrogens with zero attached hydrogens (tertiary/aromatic N) is 1. The molecular formula is C22H27ClN2O4S. The summed E-state index contributed by atoms with van der Waals surface area (Å²) in [6.07, 6.45) is 4.20. The minimum absolute atomic E-state index is 0.0370. The molecule has 0 fully saturated rings. The van der Waals surface area contributed by atoms with Gasteiger partial charge >= 0.3 is 0 Å². The predicted molar refractivity (Wildman–Crippen MR) is 117 cm³/mol. The summed E-state index contributed by atoms with van der Waals surface area (Å²) in [5, 5.41) is 0.560. The molecule has 30 heavy (non-hydrogen) atoms. The number of carbonyl (C=O) groups excluding carboxylic acids is 1. The van der Waals surface area contributed by atoms with Crippen LogP contribution in [0.2, 0.25) is 5.02 Å². The van der Waals surface area contributed by atoms with E-state index in [4.69, 9.17) is 16.3 Å². The molecule has 2 aromatic carbocycles. The van der Waals surface area contributed by atoms with Crippen LogP contribution in [0, 0.1) is 0 Å². The average Bonchev–Trinajstić information content (AvgIpc) is 2.73. The number of halogens is 1. The lowest BCUT2D eigenvalue weighted by Crippen LogP contribution is -2.32. The summed E-state index contributed by atoms with van der Waals surface area (Å²) >= 11 is 6.04. The van der Waals surface area contributed by atoms with Crippen molar-refractivity contribution in [1.29, 1.82) is 0 Å². The maximum atomic E-state index is 12.6. The zero-order valence-electron chi connectivity index (χ0n) is 17.3. The quantitative estimate of drug-likeness (QED) is 0.667. The molecule has 0 saturated heterocycles. The second kappa shape index (κ2) is 9.81. The van der Waals surface area contributed by atoms with Gasteiger partial charge in [-0.2, -0.15) is 0 Å². The number of methoxy groups -OCH3 is 1. The molecule has 0 atom stereocenters. The fourth-order valence-electron chi connectivity index (χ4n) is 3.66. The number of benzene rings is 2. The summed E-state index contributed by atoms with van der Waals surface area (Å²) in [5.41, 5.74) is 3.12. The fraction of sp³-hybridized carbons (Fsp3) is 0.409. The van der Waals surface area contributed by atoms with Crippen molar-refractivity contribution < 1.29 is 17.9 Å². The van der Waals surface area contributed by atoms with E-state index in [2.05, 4.69) is 4.72 Å². The lowest BCUT2D eigenvalue weighted by atomic mass is 9.92. The molecule has 3 rings (SSSR count). The molecule has 1 N–H and O–H groups in total. The Hall–Kier alpha value is -2.09. The van der Waals surface area contributed by atoms with E-state index in [-0.39, 0.29) is 23.8 Å². The lowest BCUT2D eigenvalue weighted by molar-refractivity contribution is -0.130. The lowest BCUT2D eigenvalue weighted by Gasteiger charge is -2.19. The van der Waals surface area contributed by atoms with Crippen LogP contribution in [0.3, 0.4) is 0 Å². The number of sulfonamides is 1. The van der Waals surface area contributed by atoms with Gasteiger partial charge in [0.2, 0.25) is 15.9 Å². The molecule has 0 unspecified atom stereocenters. The maximum Gasteiger partial charge on any atom is 0.240 e. The minimum atomic E-state index is -3.65. The van der Waals surface area contributed by atoms with E-state index >= 15 is 0 Å². The van der Waals surface area contributed by atoms with Crippen LogP contribution in [0.4, 0.5) is 0 Å². The third-order valence-corrected chi connectivity index (χ3v) is 7.03. The Morgan fingerprint density at radius 2 is 1.87 bits per heavy atom. The number of ether oxygens (including phenoxy) is 1. The number of nitrogens with one attached hydrogen (secondary N) is 1. The third kappa shape index (κ3) is 5.53. The smallest absolute Gasteiger partial charge is 0.240 e. The van der Waals surface area contributed by atoms with Gasteiger partial charge in [0.15, 0.2) is 0 Å². The number of carbonyl (C=O) groups is 1. The van der Waals surface area contributed by atoms with Gasteiger partial charge in [0.05, 0.1) is 12.0 Å². The Morgan fingerprint density at radius 1 is 1.13 bits per heavy atom. The Kier molecular flexibility index (Phi) is 7.39. The second-order valence-corrected chi connectivity index (χ2v) is 9.69. The summed E-state index contributed by atoms with van der Waals surface area (Å²) in [5.74, 6) is 0.470. The van der Waals surface area contributed by atoms with Crippen molar-refractivity contribution in [1.82, 2.24) is 9.62 Å². The molecule has 0 aromatic heterocycles. The third-order valence-electron chi connectivity index (χ3n) is 5.34. The number of hydrogen-bond acceptors (Lipinski definition) is 4. The Labute approximate surface area is 183 Å². The number of aryl methyl sites for hydroxylation is 2. The highest BCUT2D eigenvalue weighted by atomic mass is 35.5. The van der Waals surface area contributed by atoms with Crippen molar-refractivity contribution in [3.63, 3.8) is 0 Å². The van der Waals surface area contributed by atoms with Gasteiger partial charge in [0, 0.05) is 37.1 Å². The summed E-state index contributed by atoms with van der Waals surface area (Å²) in [6, 6.07) is 10.5. The van der Waals surface area contributed by atoms with Crippen LogP contribution >= 0.6 is 11.6 Å². The summed E-state index contributed by atoms with van der Waals surface area (Å²) < 4.78 is 33.1. The number of hydrogen-bond donors (Lipinski definition) is 1. The summed E-state index contributed by atoms with van der Waals surface area (Å²) in [4.78, 5) is 14.2. The number of rotatable bonds is 8. The van der Waals surface area contributed by atoms with Gasteiger partial charge in [-0.1, -0.05) is 17.7 Å². The molecule has 1 aliphatic carbocycles. The normalized spacial score (nSPS) is 13.6. The largest absolute Gasteiger partial charge is 0.496 e. The molecular weight excluding hydrogens is 424 g/mol. The molecule has 0 bridgehead atoms. The van der Waals surface area contributed by atoms with Gasteiger partial charge in [-0.25, -0.2) is 13.1 Å². The topological polar surface area (TPSA) is 75.7 Å². The average molecular weight is 451 g/mol. The number of fused-ring (bicyclic) bond motifs is 1. The Bertz CT molecular complexity index is 1020. The van der Waals surface area contributed by atoms with Crippen LogP contribution in [-0.4, -0.2) is 39.9 Å². The summed E-state index contributed by atoms with van der Waals surface area (Å²) in [6.45, 7) is 0.357. The second-order valence-electron chi connectivity index (χ2n) is 7.49. The van der Waals surface area contributed by atoms with Crippen LogP contribution in [0.1, 0.15) is 36.0 Å². The van der Waals surface area contributed by atoms with Crippen LogP contribution in [0.5, 0.6) is 5.75 Å². The predicted octanol–water partition coefficient (Wildman–Crippen LogP) is 3.55. The van der Waals surface area contributed by atoms with E-state index in [0.29, 0.717) is 17.3 Å². The number of amides is 1. The molecule has 162 valence electrons. The highest BCUT2D eigenvalue weighted by molar-refractivity contribution is 7.89. The van der Waals surface area contributed by atoms with Crippen molar-refractivity contribution in [2.24, 2.45) is 0 Å². The first-order valence-electron chi connectivity index (χ1n) is 9.98. The molecule has 1 amide bonds. The molecule has 1 aliphatic rings. The van der Waals surface area contributed by atoms with Crippen molar-refractivity contribution >= 4 is 27.5 Å². The van der Waals surface area contributed by atoms with Gasteiger partial charge in [0.1, 0.15) is 5.75 Å². The van der Waals surface area contributed by atoms with Crippen molar-refractivity contribution in [3.8, 4) is 5.75 Å².